The molecule has 0 radical (unpaired) electrons. The summed E-state index contributed by atoms with van der Waals surface area (Å²) in [5, 5.41) is 10.5. The van der Waals surface area contributed by atoms with E-state index < -0.39 is 14.8 Å². The molecule has 2 N–H and O–H groups in total. The van der Waals surface area contributed by atoms with Gasteiger partial charge in [0.2, 0.25) is 0 Å². The fraction of sp³-hybridized carbons (Fsp3) is 0.333. The molecule has 16 heavy (non-hydrogen) atoms. The summed E-state index contributed by atoms with van der Waals surface area (Å²) in [6.45, 7) is 0. The van der Waals surface area contributed by atoms with Crippen LogP contribution in [0.5, 0.6) is 0 Å². The van der Waals surface area contributed by atoms with Crippen LogP contribution < -0.4 is 5.73 Å². The first-order chi connectivity index (χ1) is 7.29. The lowest BCUT2D eigenvalue weighted by atomic mass is 10.1. The van der Waals surface area contributed by atoms with Crippen LogP contribution in [0.2, 0.25) is 0 Å². The van der Waals surface area contributed by atoms with Gasteiger partial charge in [0.15, 0.2) is 0 Å². The normalized spacial score (nSPS) is 11.3. The van der Waals surface area contributed by atoms with E-state index in [1.165, 1.54) is 18.2 Å². The van der Waals surface area contributed by atoms with Crippen molar-refractivity contribution in [2.24, 2.45) is 0 Å². The Bertz CT molecular complexity index is 510. The minimum absolute atomic E-state index is 0.0711. The molecular weight excluding hydrogens is 232 g/mol. The summed E-state index contributed by atoms with van der Waals surface area (Å²) in [6, 6.07) is 4.01. The number of aryl methyl sites for hydroxylation is 1. The molecule has 0 saturated carbocycles. The highest BCUT2D eigenvalue weighted by Gasteiger charge is 2.11. The molecule has 0 bridgehead atoms. The van der Waals surface area contributed by atoms with Crippen molar-refractivity contribution < 1.29 is 13.3 Å². The van der Waals surface area contributed by atoms with E-state index in [1.54, 1.807) is 0 Å². The molecule has 0 spiro atoms. The standard InChI is InChI=1S/C9H12N2O4S/c1-16(14,15)5-4-7-6-8(11(12)13)2-3-9(7)10/h2-3,6H,4-5,10H2,1H3. The molecule has 1 aromatic carbocycles. The Kier molecular flexibility index (Phi) is 3.48. The van der Waals surface area contributed by atoms with Crippen LogP contribution in [0.3, 0.4) is 0 Å². The van der Waals surface area contributed by atoms with Gasteiger partial charge in [-0.05, 0) is 18.1 Å². The van der Waals surface area contributed by atoms with Crippen molar-refractivity contribution in [2.45, 2.75) is 6.42 Å². The minimum atomic E-state index is -3.10. The molecule has 1 rings (SSSR count). The largest absolute Gasteiger partial charge is 0.398 e. The van der Waals surface area contributed by atoms with Crippen molar-refractivity contribution in [3.05, 3.63) is 33.9 Å². The second-order valence-electron chi connectivity index (χ2n) is 3.52. The van der Waals surface area contributed by atoms with Crippen LogP contribution in [0.1, 0.15) is 5.56 Å². The van der Waals surface area contributed by atoms with Gasteiger partial charge in [0.05, 0.1) is 10.7 Å². The van der Waals surface area contributed by atoms with Gasteiger partial charge in [0, 0.05) is 24.1 Å². The summed E-state index contributed by atoms with van der Waals surface area (Å²) in [5.41, 5.74) is 6.37. The van der Waals surface area contributed by atoms with Gasteiger partial charge in [-0.1, -0.05) is 0 Å². The maximum Gasteiger partial charge on any atom is 0.269 e. The number of hydrogen-bond acceptors (Lipinski definition) is 5. The third-order valence-corrected chi connectivity index (χ3v) is 3.03. The maximum atomic E-state index is 11.0. The number of rotatable bonds is 4. The molecule has 0 amide bonds. The average molecular weight is 244 g/mol. The Morgan fingerprint density at radius 2 is 2.06 bits per heavy atom. The lowest BCUT2D eigenvalue weighted by molar-refractivity contribution is -0.384. The van der Waals surface area contributed by atoms with E-state index in [0.29, 0.717) is 11.3 Å². The summed E-state index contributed by atoms with van der Waals surface area (Å²) in [4.78, 5) is 9.97. The SMILES string of the molecule is CS(=O)(=O)CCc1cc([N+](=O)[O-])ccc1N. The number of benzene rings is 1. The highest BCUT2D eigenvalue weighted by molar-refractivity contribution is 7.90. The van der Waals surface area contributed by atoms with Gasteiger partial charge in [-0.2, -0.15) is 0 Å². The molecule has 88 valence electrons. The number of hydrogen-bond donors (Lipinski definition) is 1. The fourth-order valence-electron chi connectivity index (χ4n) is 1.22. The molecule has 7 heteroatoms. The summed E-state index contributed by atoms with van der Waals surface area (Å²) in [6.07, 6.45) is 1.30. The number of non-ortho nitro benzene ring substituents is 1. The van der Waals surface area contributed by atoms with Gasteiger partial charge < -0.3 is 5.73 Å². The van der Waals surface area contributed by atoms with Crippen molar-refractivity contribution in [3.8, 4) is 0 Å². The number of sulfone groups is 1. The van der Waals surface area contributed by atoms with Gasteiger partial charge in [-0.3, -0.25) is 10.1 Å². The van der Waals surface area contributed by atoms with E-state index in [1.807, 2.05) is 0 Å². The lowest BCUT2D eigenvalue weighted by Crippen LogP contribution is -2.07. The van der Waals surface area contributed by atoms with E-state index in [-0.39, 0.29) is 17.9 Å². The predicted molar refractivity (Wildman–Crippen MR) is 60.9 cm³/mol. The molecule has 0 aliphatic carbocycles. The Morgan fingerprint density at radius 3 is 2.56 bits per heavy atom. The number of nitrogens with two attached hydrogens (primary N) is 1. The highest BCUT2D eigenvalue weighted by Crippen LogP contribution is 2.20. The zero-order valence-electron chi connectivity index (χ0n) is 8.71. The summed E-state index contributed by atoms with van der Waals surface area (Å²) in [5.74, 6) is -0.0711. The zero-order chi connectivity index (χ0) is 12.3. The smallest absolute Gasteiger partial charge is 0.269 e. The summed E-state index contributed by atoms with van der Waals surface area (Å²) in [7, 11) is -3.10. The van der Waals surface area contributed by atoms with Crippen molar-refractivity contribution >= 4 is 21.2 Å². The molecule has 0 aliphatic heterocycles. The molecule has 0 heterocycles. The van der Waals surface area contributed by atoms with Crippen LogP contribution in [0.25, 0.3) is 0 Å². The third-order valence-electron chi connectivity index (χ3n) is 2.08. The number of nitrogens with zero attached hydrogens (tertiary/aromatic N) is 1. The van der Waals surface area contributed by atoms with Crippen LogP contribution >= 0.6 is 0 Å². The maximum absolute atomic E-state index is 11.0. The van der Waals surface area contributed by atoms with Gasteiger partial charge in [-0.25, -0.2) is 8.42 Å². The van der Waals surface area contributed by atoms with E-state index in [2.05, 4.69) is 0 Å². The van der Waals surface area contributed by atoms with Crippen LogP contribution in [-0.4, -0.2) is 25.3 Å². The first kappa shape index (κ1) is 12.4. The van der Waals surface area contributed by atoms with E-state index in [9.17, 15) is 18.5 Å². The topological polar surface area (TPSA) is 103 Å². The van der Waals surface area contributed by atoms with Crippen molar-refractivity contribution in [3.63, 3.8) is 0 Å². The summed E-state index contributed by atoms with van der Waals surface area (Å²) < 4.78 is 21.9. The van der Waals surface area contributed by atoms with E-state index >= 15 is 0 Å². The van der Waals surface area contributed by atoms with Gasteiger partial charge in [-0.15, -0.1) is 0 Å². The molecule has 0 unspecified atom stereocenters. The number of nitro benzene ring substituents is 1. The molecule has 0 saturated heterocycles. The minimum Gasteiger partial charge on any atom is -0.398 e. The van der Waals surface area contributed by atoms with Crippen molar-refractivity contribution in [1.29, 1.82) is 0 Å². The van der Waals surface area contributed by atoms with Crippen LogP contribution in [-0.2, 0) is 16.3 Å². The molecular formula is C9H12N2O4S. The van der Waals surface area contributed by atoms with E-state index in [0.717, 1.165) is 6.26 Å². The molecule has 0 aromatic heterocycles. The summed E-state index contributed by atoms with van der Waals surface area (Å²) >= 11 is 0. The average Bonchev–Trinajstić information content (AvgIpc) is 2.14. The molecule has 0 fully saturated rings. The second kappa shape index (κ2) is 4.48. The Hall–Kier alpha value is -1.63. The highest BCUT2D eigenvalue weighted by atomic mass is 32.2. The zero-order valence-corrected chi connectivity index (χ0v) is 9.53. The Morgan fingerprint density at radius 1 is 1.44 bits per heavy atom. The Balaban J connectivity index is 2.95. The van der Waals surface area contributed by atoms with Gasteiger partial charge >= 0.3 is 0 Å². The number of anilines is 1. The van der Waals surface area contributed by atoms with Gasteiger partial charge in [0.25, 0.3) is 5.69 Å². The van der Waals surface area contributed by atoms with Crippen LogP contribution in [0.4, 0.5) is 11.4 Å². The number of nitrogen functional groups attached to an aromatic ring is 1. The first-order valence-corrected chi connectivity index (χ1v) is 6.56. The molecule has 6 nitrogen and oxygen atoms in total. The number of nitro groups is 1. The predicted octanol–water partition coefficient (Wildman–Crippen LogP) is 0.764. The van der Waals surface area contributed by atoms with Gasteiger partial charge in [0.1, 0.15) is 9.84 Å². The second-order valence-corrected chi connectivity index (χ2v) is 5.78. The van der Waals surface area contributed by atoms with Crippen LogP contribution in [0.15, 0.2) is 18.2 Å². The first-order valence-electron chi connectivity index (χ1n) is 4.50. The fourth-order valence-corrected chi connectivity index (χ4v) is 1.81. The third kappa shape index (κ3) is 3.50. The van der Waals surface area contributed by atoms with Crippen molar-refractivity contribution in [2.75, 3.05) is 17.7 Å². The molecule has 0 aliphatic rings. The van der Waals surface area contributed by atoms with Crippen LogP contribution in [0, 0.1) is 10.1 Å². The lowest BCUT2D eigenvalue weighted by Gasteiger charge is -2.04. The Labute approximate surface area is 93.1 Å². The molecule has 0 atom stereocenters. The quantitative estimate of drug-likeness (QED) is 0.478. The molecule has 1 aromatic rings. The van der Waals surface area contributed by atoms with E-state index in [4.69, 9.17) is 5.73 Å². The van der Waals surface area contributed by atoms with Crippen molar-refractivity contribution in [1.82, 2.24) is 0 Å². The monoisotopic (exact) mass is 244 g/mol.